The Morgan fingerprint density at radius 2 is 1.84 bits per heavy atom. The molecule has 0 bridgehead atoms. The van der Waals surface area contributed by atoms with Crippen molar-refractivity contribution in [3.63, 3.8) is 0 Å². The second kappa shape index (κ2) is 5.75. The molecule has 2 N–H and O–H groups in total. The summed E-state index contributed by atoms with van der Waals surface area (Å²) in [4.78, 5) is 6.51. The molecule has 0 atom stereocenters. The molecule has 2 aromatic rings. The van der Waals surface area contributed by atoms with Crippen LogP contribution >= 0.6 is 12.2 Å². The van der Waals surface area contributed by atoms with E-state index in [1.807, 2.05) is 17.9 Å². The van der Waals surface area contributed by atoms with E-state index in [1.165, 1.54) is 12.1 Å². The van der Waals surface area contributed by atoms with Crippen molar-refractivity contribution < 1.29 is 4.39 Å². The Balaban J connectivity index is 2.31. The molecule has 98 valence electrons. The summed E-state index contributed by atoms with van der Waals surface area (Å²) >= 11 is 4.87. The van der Waals surface area contributed by atoms with Gasteiger partial charge in [-0.2, -0.15) is 0 Å². The first-order valence-corrected chi connectivity index (χ1v) is 6.31. The van der Waals surface area contributed by atoms with Crippen LogP contribution in [0.3, 0.4) is 0 Å². The van der Waals surface area contributed by atoms with E-state index in [0.29, 0.717) is 5.69 Å². The third kappa shape index (κ3) is 3.06. The van der Waals surface area contributed by atoms with Crippen LogP contribution in [0.15, 0.2) is 42.6 Å². The first-order valence-electron chi connectivity index (χ1n) is 5.90. The Kier molecular flexibility index (Phi) is 4.06. The number of hydrogen-bond donors (Lipinski definition) is 1. The summed E-state index contributed by atoms with van der Waals surface area (Å²) in [5.74, 6) is -0.248. The highest BCUT2D eigenvalue weighted by atomic mass is 32.1. The molecule has 5 heteroatoms. The van der Waals surface area contributed by atoms with Crippen molar-refractivity contribution in [1.29, 1.82) is 0 Å². The van der Waals surface area contributed by atoms with Gasteiger partial charge in [-0.1, -0.05) is 12.2 Å². The SMILES string of the molecule is CCN(c1ccc(F)cc1)c1ccc(C(N)=S)nc1. The van der Waals surface area contributed by atoms with Crippen molar-refractivity contribution in [1.82, 2.24) is 4.98 Å². The van der Waals surface area contributed by atoms with Crippen molar-refractivity contribution >= 4 is 28.6 Å². The topological polar surface area (TPSA) is 42.1 Å². The molecule has 0 unspecified atom stereocenters. The van der Waals surface area contributed by atoms with E-state index in [2.05, 4.69) is 4.98 Å². The number of benzene rings is 1. The highest BCUT2D eigenvalue weighted by Gasteiger charge is 2.08. The highest BCUT2D eigenvalue weighted by Crippen LogP contribution is 2.24. The summed E-state index contributed by atoms with van der Waals surface area (Å²) < 4.78 is 12.9. The van der Waals surface area contributed by atoms with E-state index >= 15 is 0 Å². The Morgan fingerprint density at radius 3 is 2.32 bits per heavy atom. The lowest BCUT2D eigenvalue weighted by Crippen LogP contribution is -2.17. The van der Waals surface area contributed by atoms with Crippen LogP contribution in [-0.4, -0.2) is 16.5 Å². The van der Waals surface area contributed by atoms with E-state index < -0.39 is 0 Å². The van der Waals surface area contributed by atoms with Gasteiger partial charge in [0.1, 0.15) is 10.8 Å². The molecule has 1 heterocycles. The normalized spacial score (nSPS) is 10.2. The van der Waals surface area contributed by atoms with Crippen LogP contribution in [0, 0.1) is 5.82 Å². The Bertz CT molecular complexity index is 566. The number of nitrogens with zero attached hydrogens (tertiary/aromatic N) is 2. The lowest BCUT2D eigenvalue weighted by Gasteiger charge is -2.23. The maximum atomic E-state index is 12.9. The third-order valence-corrected chi connectivity index (χ3v) is 2.98. The molecule has 3 nitrogen and oxygen atoms in total. The molecule has 0 fully saturated rings. The Labute approximate surface area is 116 Å². The third-order valence-electron chi connectivity index (χ3n) is 2.77. The average Bonchev–Trinajstić information content (AvgIpc) is 2.42. The first-order chi connectivity index (χ1) is 9.11. The van der Waals surface area contributed by atoms with Gasteiger partial charge >= 0.3 is 0 Å². The van der Waals surface area contributed by atoms with Crippen LogP contribution in [0.1, 0.15) is 12.6 Å². The molecule has 0 radical (unpaired) electrons. The number of thiocarbonyl (C=S) groups is 1. The maximum Gasteiger partial charge on any atom is 0.123 e. The number of nitrogens with two attached hydrogens (primary N) is 1. The fourth-order valence-corrected chi connectivity index (χ4v) is 1.95. The lowest BCUT2D eigenvalue weighted by atomic mass is 10.2. The fraction of sp³-hybridized carbons (Fsp3) is 0.143. The van der Waals surface area contributed by atoms with Crippen LogP contribution in [-0.2, 0) is 0 Å². The molecule has 1 aromatic carbocycles. The monoisotopic (exact) mass is 275 g/mol. The van der Waals surface area contributed by atoms with Gasteiger partial charge in [-0.3, -0.25) is 4.98 Å². The molecule has 0 spiro atoms. The molecular weight excluding hydrogens is 261 g/mol. The zero-order valence-electron chi connectivity index (χ0n) is 10.5. The summed E-state index contributed by atoms with van der Waals surface area (Å²) in [5.41, 5.74) is 7.93. The summed E-state index contributed by atoms with van der Waals surface area (Å²) in [5, 5.41) is 0. The second-order valence-electron chi connectivity index (χ2n) is 3.99. The van der Waals surface area contributed by atoms with Gasteiger partial charge in [0.2, 0.25) is 0 Å². The van der Waals surface area contributed by atoms with Crippen LogP contribution in [0.4, 0.5) is 15.8 Å². The van der Waals surface area contributed by atoms with Gasteiger partial charge in [0.05, 0.1) is 17.6 Å². The van der Waals surface area contributed by atoms with E-state index in [4.69, 9.17) is 18.0 Å². The number of aromatic nitrogens is 1. The molecule has 0 aliphatic rings. The van der Waals surface area contributed by atoms with Crippen molar-refractivity contribution in [2.24, 2.45) is 5.73 Å². The molecule has 19 heavy (non-hydrogen) atoms. The average molecular weight is 275 g/mol. The van der Waals surface area contributed by atoms with Gasteiger partial charge in [-0.25, -0.2) is 4.39 Å². The molecule has 0 aliphatic carbocycles. The van der Waals surface area contributed by atoms with E-state index in [-0.39, 0.29) is 10.8 Å². The summed E-state index contributed by atoms with van der Waals surface area (Å²) in [7, 11) is 0. The van der Waals surface area contributed by atoms with Crippen molar-refractivity contribution in [3.8, 4) is 0 Å². The first kappa shape index (κ1) is 13.4. The molecule has 0 saturated heterocycles. The standard InChI is InChI=1S/C14H14FN3S/c1-2-18(11-5-3-10(15)4-6-11)12-7-8-13(14(16)19)17-9-12/h3-9H,2H2,1H3,(H2,16,19). The van der Waals surface area contributed by atoms with Crippen LogP contribution in [0.2, 0.25) is 0 Å². The van der Waals surface area contributed by atoms with E-state index in [1.54, 1.807) is 24.4 Å². The van der Waals surface area contributed by atoms with Gasteiger partial charge in [0.25, 0.3) is 0 Å². The Morgan fingerprint density at radius 1 is 1.21 bits per heavy atom. The minimum Gasteiger partial charge on any atom is -0.388 e. The highest BCUT2D eigenvalue weighted by molar-refractivity contribution is 7.80. The predicted molar refractivity (Wildman–Crippen MR) is 79.2 cm³/mol. The number of hydrogen-bond acceptors (Lipinski definition) is 3. The number of anilines is 2. The summed E-state index contributed by atoms with van der Waals surface area (Å²) in [6, 6.07) is 10.0. The van der Waals surface area contributed by atoms with Crippen LogP contribution in [0.5, 0.6) is 0 Å². The molecule has 0 amide bonds. The van der Waals surface area contributed by atoms with Gasteiger partial charge < -0.3 is 10.6 Å². The van der Waals surface area contributed by atoms with Gasteiger partial charge in [0.15, 0.2) is 0 Å². The zero-order chi connectivity index (χ0) is 13.8. The lowest BCUT2D eigenvalue weighted by molar-refractivity contribution is 0.628. The zero-order valence-corrected chi connectivity index (χ0v) is 11.3. The second-order valence-corrected chi connectivity index (χ2v) is 4.43. The van der Waals surface area contributed by atoms with Crippen LogP contribution in [0.25, 0.3) is 0 Å². The fourth-order valence-electron chi connectivity index (χ4n) is 1.83. The van der Waals surface area contributed by atoms with Crippen molar-refractivity contribution in [2.45, 2.75) is 6.92 Å². The maximum absolute atomic E-state index is 12.9. The predicted octanol–water partition coefficient (Wildman–Crippen LogP) is 3.01. The van der Waals surface area contributed by atoms with Crippen molar-refractivity contribution in [2.75, 3.05) is 11.4 Å². The molecule has 0 aliphatic heterocycles. The quantitative estimate of drug-likeness (QED) is 0.871. The molecular formula is C14H14FN3S. The molecule has 2 rings (SSSR count). The number of rotatable bonds is 4. The minimum absolute atomic E-state index is 0.248. The Hall–Kier alpha value is -2.01. The smallest absolute Gasteiger partial charge is 0.123 e. The minimum atomic E-state index is -0.248. The van der Waals surface area contributed by atoms with Crippen molar-refractivity contribution in [3.05, 3.63) is 54.1 Å². The van der Waals surface area contributed by atoms with Crippen LogP contribution < -0.4 is 10.6 Å². The summed E-state index contributed by atoms with van der Waals surface area (Å²) in [6.45, 7) is 2.77. The number of halogens is 1. The van der Waals surface area contributed by atoms with E-state index in [9.17, 15) is 4.39 Å². The van der Waals surface area contributed by atoms with Gasteiger partial charge in [-0.05, 0) is 43.3 Å². The van der Waals surface area contributed by atoms with Gasteiger partial charge in [0, 0.05) is 12.2 Å². The molecule has 0 saturated carbocycles. The summed E-state index contributed by atoms with van der Waals surface area (Å²) in [6.07, 6.45) is 1.71. The van der Waals surface area contributed by atoms with E-state index in [0.717, 1.165) is 17.9 Å². The number of pyridine rings is 1. The largest absolute Gasteiger partial charge is 0.388 e. The molecule has 1 aromatic heterocycles. The van der Waals surface area contributed by atoms with Gasteiger partial charge in [-0.15, -0.1) is 0 Å².